The molecule has 0 aliphatic carbocycles. The lowest BCUT2D eigenvalue weighted by Gasteiger charge is -2.35. The second-order valence-corrected chi connectivity index (χ2v) is 7.03. The Kier molecular flexibility index (Phi) is 7.66. The lowest BCUT2D eigenvalue weighted by atomic mass is 10.2. The fourth-order valence-corrected chi connectivity index (χ4v) is 3.08. The molecule has 2 amide bonds. The monoisotopic (exact) mass is 480 g/mol. The molecule has 0 saturated carbocycles. The fourth-order valence-electron chi connectivity index (χ4n) is 3.08. The van der Waals surface area contributed by atoms with E-state index in [1.165, 1.54) is 6.07 Å². The molecule has 0 radical (unpaired) electrons. The highest BCUT2D eigenvalue weighted by atomic mass is 19.4. The van der Waals surface area contributed by atoms with Gasteiger partial charge in [-0.2, -0.15) is 18.2 Å². The maximum Gasteiger partial charge on any atom is 0.490 e. The van der Waals surface area contributed by atoms with Crippen LogP contribution in [0.3, 0.4) is 0 Å². The van der Waals surface area contributed by atoms with Gasteiger partial charge in [-0.05, 0) is 12.1 Å². The number of anilines is 2. The number of rotatable bonds is 3. The number of aromatic nitrogens is 3. The van der Waals surface area contributed by atoms with Gasteiger partial charge in [0.25, 0.3) is 0 Å². The first-order chi connectivity index (χ1) is 16.1. The Balaban J connectivity index is 0.000000406. The zero-order valence-electron chi connectivity index (χ0n) is 17.6. The number of amides is 2. The van der Waals surface area contributed by atoms with Crippen molar-refractivity contribution < 1.29 is 32.3 Å². The minimum Gasteiger partial charge on any atom is -0.475 e. The largest absolute Gasteiger partial charge is 0.490 e. The summed E-state index contributed by atoms with van der Waals surface area (Å²) < 4.78 is 45.6. The number of nitrogens with one attached hydrogen (secondary N) is 2. The number of para-hydroxylation sites is 1. The number of H-pyrrole nitrogens is 1. The van der Waals surface area contributed by atoms with Crippen LogP contribution in [0.2, 0.25) is 0 Å². The lowest BCUT2D eigenvalue weighted by molar-refractivity contribution is -0.192. The number of carboxylic acids is 1. The van der Waals surface area contributed by atoms with E-state index in [1.54, 1.807) is 17.0 Å². The summed E-state index contributed by atoms with van der Waals surface area (Å²) in [7, 11) is 0. The third-order valence-corrected chi connectivity index (χ3v) is 4.75. The Morgan fingerprint density at radius 3 is 2.15 bits per heavy atom. The molecule has 0 spiro atoms. The summed E-state index contributed by atoms with van der Waals surface area (Å²) in [6.45, 7) is 2.13. The van der Waals surface area contributed by atoms with Crippen LogP contribution in [0.25, 0.3) is 11.4 Å². The van der Waals surface area contributed by atoms with Gasteiger partial charge in [0.2, 0.25) is 5.95 Å². The molecule has 1 fully saturated rings. The minimum atomic E-state index is -5.08. The van der Waals surface area contributed by atoms with E-state index in [-0.39, 0.29) is 17.8 Å². The number of halogens is 4. The van der Waals surface area contributed by atoms with E-state index < -0.39 is 12.1 Å². The van der Waals surface area contributed by atoms with Crippen molar-refractivity contribution in [1.29, 1.82) is 0 Å². The van der Waals surface area contributed by atoms with Gasteiger partial charge < -0.3 is 14.9 Å². The lowest BCUT2D eigenvalue weighted by Crippen LogP contribution is -2.50. The number of nitrogens with zero attached hydrogens (tertiary/aromatic N) is 4. The predicted molar refractivity (Wildman–Crippen MR) is 115 cm³/mol. The zero-order valence-corrected chi connectivity index (χ0v) is 17.6. The Bertz CT molecular complexity index is 1110. The Labute approximate surface area is 191 Å². The molecule has 180 valence electrons. The molecule has 2 aromatic carbocycles. The van der Waals surface area contributed by atoms with Gasteiger partial charge in [0.05, 0.1) is 5.69 Å². The van der Waals surface area contributed by atoms with Crippen LogP contribution in [0.4, 0.5) is 34.0 Å². The number of alkyl halides is 3. The number of aromatic amines is 1. The van der Waals surface area contributed by atoms with Crippen LogP contribution in [-0.2, 0) is 4.79 Å². The van der Waals surface area contributed by atoms with Crippen LogP contribution in [-0.4, -0.2) is 69.5 Å². The van der Waals surface area contributed by atoms with Crippen LogP contribution in [0.15, 0.2) is 54.6 Å². The fraction of sp³-hybridized carbons (Fsp3) is 0.238. The normalized spacial score (nSPS) is 13.6. The third-order valence-electron chi connectivity index (χ3n) is 4.75. The van der Waals surface area contributed by atoms with E-state index >= 15 is 0 Å². The molecule has 4 rings (SSSR count). The molecular formula is C21H20F4N6O3. The van der Waals surface area contributed by atoms with Gasteiger partial charge in [0.1, 0.15) is 5.82 Å². The molecule has 3 N–H and O–H groups in total. The predicted octanol–water partition coefficient (Wildman–Crippen LogP) is 3.60. The van der Waals surface area contributed by atoms with Crippen molar-refractivity contribution in [2.24, 2.45) is 0 Å². The van der Waals surface area contributed by atoms with Gasteiger partial charge in [-0.15, -0.1) is 5.10 Å². The summed E-state index contributed by atoms with van der Waals surface area (Å²) in [6, 6.07) is 16.0. The minimum absolute atomic E-state index is 0.232. The van der Waals surface area contributed by atoms with Crippen LogP contribution in [0.5, 0.6) is 0 Å². The topological polar surface area (TPSA) is 114 Å². The molecule has 0 bridgehead atoms. The van der Waals surface area contributed by atoms with Crippen molar-refractivity contribution in [1.82, 2.24) is 20.1 Å². The number of hydrogen-bond acceptors (Lipinski definition) is 5. The highest BCUT2D eigenvalue weighted by Gasteiger charge is 2.38. The molecule has 9 nitrogen and oxygen atoms in total. The standard InChI is InChI=1S/C19H19FN6O.C2HF3O2/c20-15-8-4-5-9-16(15)25-10-12-26(13-11-25)19(27)22-18-21-17(23-24-18)14-6-2-1-3-7-14;3-2(4,5)1(6)7/h1-9H,10-13H2,(H2,21,22,23,24,27);(H,6,7). The summed E-state index contributed by atoms with van der Waals surface area (Å²) in [5.41, 5.74) is 1.46. The second kappa shape index (κ2) is 10.6. The van der Waals surface area contributed by atoms with Crippen molar-refractivity contribution in [3.05, 3.63) is 60.4 Å². The average molecular weight is 480 g/mol. The van der Waals surface area contributed by atoms with Gasteiger partial charge in [-0.25, -0.2) is 14.0 Å². The first-order valence-corrected chi connectivity index (χ1v) is 9.98. The van der Waals surface area contributed by atoms with E-state index in [0.717, 1.165) is 5.56 Å². The highest BCUT2D eigenvalue weighted by molar-refractivity contribution is 5.87. The third kappa shape index (κ3) is 6.43. The molecule has 34 heavy (non-hydrogen) atoms. The number of hydrogen-bond donors (Lipinski definition) is 3. The first kappa shape index (κ1) is 24.5. The number of benzene rings is 2. The number of carbonyl (C=O) groups excluding carboxylic acids is 1. The smallest absolute Gasteiger partial charge is 0.475 e. The summed E-state index contributed by atoms with van der Waals surface area (Å²) in [5, 5.41) is 16.7. The second-order valence-electron chi connectivity index (χ2n) is 7.03. The van der Waals surface area contributed by atoms with Gasteiger partial charge in [0.15, 0.2) is 5.82 Å². The first-order valence-electron chi connectivity index (χ1n) is 9.98. The molecule has 0 unspecified atom stereocenters. The van der Waals surface area contributed by atoms with Crippen molar-refractivity contribution in [2.75, 3.05) is 36.4 Å². The summed E-state index contributed by atoms with van der Waals surface area (Å²) >= 11 is 0. The van der Waals surface area contributed by atoms with Gasteiger partial charge in [0, 0.05) is 31.7 Å². The van der Waals surface area contributed by atoms with Gasteiger partial charge >= 0.3 is 18.2 Å². The van der Waals surface area contributed by atoms with Crippen molar-refractivity contribution in [3.63, 3.8) is 0 Å². The molecular weight excluding hydrogens is 460 g/mol. The van der Waals surface area contributed by atoms with Crippen LogP contribution in [0.1, 0.15) is 0 Å². The van der Waals surface area contributed by atoms with Gasteiger partial charge in [-0.1, -0.05) is 42.5 Å². The molecule has 1 aliphatic rings. The number of urea groups is 1. The van der Waals surface area contributed by atoms with Crippen molar-refractivity contribution in [3.8, 4) is 11.4 Å². The number of carbonyl (C=O) groups is 2. The van der Waals surface area contributed by atoms with E-state index in [0.29, 0.717) is 37.7 Å². The molecule has 13 heteroatoms. The van der Waals surface area contributed by atoms with Crippen LogP contribution < -0.4 is 10.2 Å². The maximum absolute atomic E-state index is 13.9. The van der Waals surface area contributed by atoms with Crippen LogP contribution >= 0.6 is 0 Å². The number of carboxylic acid groups (broad SMARTS) is 1. The molecule has 3 aromatic rings. The van der Waals surface area contributed by atoms with Gasteiger partial charge in [-0.3, -0.25) is 10.4 Å². The zero-order chi connectivity index (χ0) is 24.7. The summed E-state index contributed by atoms with van der Waals surface area (Å²) in [4.78, 5) is 29.3. The Morgan fingerprint density at radius 1 is 0.971 bits per heavy atom. The van der Waals surface area contributed by atoms with E-state index in [4.69, 9.17) is 9.90 Å². The highest BCUT2D eigenvalue weighted by Crippen LogP contribution is 2.20. The SMILES string of the molecule is O=C(Nc1n[nH]c(-c2ccccc2)n1)N1CCN(c2ccccc2F)CC1.O=C(O)C(F)(F)F. The molecule has 2 heterocycles. The number of aliphatic carboxylic acids is 1. The molecule has 1 aliphatic heterocycles. The quantitative estimate of drug-likeness (QED) is 0.494. The summed E-state index contributed by atoms with van der Waals surface area (Å²) in [6.07, 6.45) is -5.08. The molecule has 1 saturated heterocycles. The van der Waals surface area contributed by atoms with E-state index in [9.17, 15) is 22.4 Å². The Morgan fingerprint density at radius 2 is 1.56 bits per heavy atom. The summed E-state index contributed by atoms with van der Waals surface area (Å²) in [5.74, 6) is -2.18. The van der Waals surface area contributed by atoms with Crippen molar-refractivity contribution >= 4 is 23.6 Å². The average Bonchev–Trinajstić information content (AvgIpc) is 3.28. The molecule has 0 atom stereocenters. The van der Waals surface area contributed by atoms with E-state index in [2.05, 4.69) is 20.5 Å². The van der Waals surface area contributed by atoms with E-state index in [1.807, 2.05) is 41.3 Å². The Hall–Kier alpha value is -4.16. The van der Waals surface area contributed by atoms with Crippen LogP contribution in [0, 0.1) is 5.82 Å². The van der Waals surface area contributed by atoms with Crippen molar-refractivity contribution in [2.45, 2.75) is 6.18 Å². The number of piperazine rings is 1. The maximum atomic E-state index is 13.9. The molecule has 1 aromatic heterocycles.